The van der Waals surface area contributed by atoms with Crippen molar-refractivity contribution in [2.45, 2.75) is 19.4 Å². The van der Waals surface area contributed by atoms with Crippen molar-refractivity contribution in [3.05, 3.63) is 29.3 Å². The van der Waals surface area contributed by atoms with E-state index in [1.807, 2.05) is 18.2 Å². The SMILES string of the molecule is O[B]Oc1cccc2c1CCCOC2. The summed E-state index contributed by atoms with van der Waals surface area (Å²) >= 11 is 0. The van der Waals surface area contributed by atoms with E-state index in [4.69, 9.17) is 14.4 Å². The van der Waals surface area contributed by atoms with Gasteiger partial charge < -0.3 is 14.4 Å². The first-order valence-electron chi connectivity index (χ1n) is 4.73. The van der Waals surface area contributed by atoms with Gasteiger partial charge in [-0.05, 0) is 30.0 Å². The van der Waals surface area contributed by atoms with Crippen molar-refractivity contribution in [2.24, 2.45) is 0 Å². The normalized spacial score (nSPS) is 15.5. The van der Waals surface area contributed by atoms with Crippen LogP contribution in [0.3, 0.4) is 0 Å². The Hall–Kier alpha value is -0.995. The molecule has 1 radical (unpaired) electrons. The summed E-state index contributed by atoms with van der Waals surface area (Å²) in [5.41, 5.74) is 2.30. The summed E-state index contributed by atoms with van der Waals surface area (Å²) in [5.74, 6) is 0.732. The summed E-state index contributed by atoms with van der Waals surface area (Å²) in [6.45, 7) is 1.43. The fourth-order valence-corrected chi connectivity index (χ4v) is 1.73. The van der Waals surface area contributed by atoms with Crippen LogP contribution in [0.4, 0.5) is 0 Å². The highest BCUT2D eigenvalue weighted by atomic mass is 16.5. The summed E-state index contributed by atoms with van der Waals surface area (Å²) in [4.78, 5) is 0. The van der Waals surface area contributed by atoms with Crippen molar-refractivity contribution in [1.82, 2.24) is 0 Å². The molecule has 0 spiro atoms. The molecule has 14 heavy (non-hydrogen) atoms. The maximum atomic E-state index is 8.61. The molecule has 4 heteroatoms. The zero-order valence-corrected chi connectivity index (χ0v) is 7.90. The van der Waals surface area contributed by atoms with E-state index in [0.717, 1.165) is 44.0 Å². The second-order valence-electron chi connectivity index (χ2n) is 3.27. The molecule has 0 saturated carbocycles. The molecule has 1 aliphatic rings. The van der Waals surface area contributed by atoms with Crippen LogP contribution >= 0.6 is 0 Å². The Labute approximate surface area is 84.0 Å². The Bertz CT molecular complexity index is 314. The molecule has 2 rings (SSSR count). The summed E-state index contributed by atoms with van der Waals surface area (Å²) in [6, 6.07) is 5.80. The first-order chi connectivity index (χ1) is 6.92. The van der Waals surface area contributed by atoms with Gasteiger partial charge in [0.15, 0.2) is 0 Å². The number of hydrogen-bond donors (Lipinski definition) is 1. The zero-order chi connectivity index (χ0) is 9.80. The highest BCUT2D eigenvalue weighted by molar-refractivity contribution is 6.17. The second-order valence-corrected chi connectivity index (χ2v) is 3.27. The molecule has 0 bridgehead atoms. The van der Waals surface area contributed by atoms with Crippen molar-refractivity contribution in [1.29, 1.82) is 0 Å². The summed E-state index contributed by atoms with van der Waals surface area (Å²) < 4.78 is 10.5. The minimum absolute atomic E-state index is 0.637. The molecule has 0 saturated heterocycles. The number of rotatable bonds is 2. The molecule has 0 unspecified atom stereocenters. The average Bonchev–Trinajstić information content (AvgIpc) is 2.44. The fraction of sp³-hybridized carbons (Fsp3) is 0.400. The number of benzene rings is 1. The van der Waals surface area contributed by atoms with E-state index in [0.29, 0.717) is 6.61 Å². The molecule has 73 valence electrons. The van der Waals surface area contributed by atoms with Crippen molar-refractivity contribution in [3.8, 4) is 5.75 Å². The second kappa shape index (κ2) is 4.48. The van der Waals surface area contributed by atoms with Crippen LogP contribution < -0.4 is 4.65 Å². The molecule has 0 atom stereocenters. The van der Waals surface area contributed by atoms with Gasteiger partial charge in [-0.15, -0.1) is 0 Å². The van der Waals surface area contributed by atoms with Crippen molar-refractivity contribution >= 4 is 7.69 Å². The minimum Gasteiger partial charge on any atom is -0.537 e. The van der Waals surface area contributed by atoms with Gasteiger partial charge in [-0.1, -0.05) is 12.1 Å². The van der Waals surface area contributed by atoms with Crippen LogP contribution in [0.2, 0.25) is 0 Å². The Kier molecular flexibility index (Phi) is 3.06. The lowest BCUT2D eigenvalue weighted by atomic mass is 10.0. The Morgan fingerprint density at radius 1 is 1.43 bits per heavy atom. The third-order valence-corrected chi connectivity index (χ3v) is 2.38. The standard InChI is InChI=1S/C10H12BO3/c12-11-14-10-5-1-3-8-7-13-6-2-4-9(8)10/h1,3,5,12H,2,4,6-7H2. The lowest BCUT2D eigenvalue weighted by Crippen LogP contribution is -2.04. The molecule has 0 aliphatic carbocycles. The average molecular weight is 191 g/mol. The lowest BCUT2D eigenvalue weighted by Gasteiger charge is -2.10. The molecule has 1 N–H and O–H groups in total. The highest BCUT2D eigenvalue weighted by Gasteiger charge is 2.12. The maximum Gasteiger partial charge on any atom is 0.569 e. The van der Waals surface area contributed by atoms with Gasteiger partial charge in [0.05, 0.1) is 6.61 Å². The molecule has 1 heterocycles. The van der Waals surface area contributed by atoms with Crippen LogP contribution in [0.25, 0.3) is 0 Å². The molecule has 1 aliphatic heterocycles. The van der Waals surface area contributed by atoms with Gasteiger partial charge in [0.1, 0.15) is 5.75 Å². The summed E-state index contributed by atoms with van der Waals surface area (Å²) in [6.07, 6.45) is 1.94. The van der Waals surface area contributed by atoms with Crippen molar-refractivity contribution in [3.63, 3.8) is 0 Å². The molecule has 0 amide bonds. The Morgan fingerprint density at radius 3 is 3.21 bits per heavy atom. The summed E-state index contributed by atoms with van der Waals surface area (Å²) in [7, 11) is 0.724. The van der Waals surface area contributed by atoms with Crippen molar-refractivity contribution < 1.29 is 14.4 Å². The first kappa shape index (κ1) is 9.56. The van der Waals surface area contributed by atoms with Crippen LogP contribution in [0.15, 0.2) is 18.2 Å². The van der Waals surface area contributed by atoms with Gasteiger partial charge >= 0.3 is 7.69 Å². The molecule has 3 nitrogen and oxygen atoms in total. The van der Waals surface area contributed by atoms with Crippen LogP contribution in [-0.2, 0) is 17.8 Å². The maximum absolute atomic E-state index is 8.61. The number of hydrogen-bond acceptors (Lipinski definition) is 3. The number of ether oxygens (including phenoxy) is 1. The third-order valence-electron chi connectivity index (χ3n) is 2.38. The van der Waals surface area contributed by atoms with E-state index in [1.165, 1.54) is 0 Å². The monoisotopic (exact) mass is 191 g/mol. The van der Waals surface area contributed by atoms with Crippen LogP contribution in [0.5, 0.6) is 5.75 Å². The van der Waals surface area contributed by atoms with Crippen LogP contribution in [0.1, 0.15) is 17.5 Å². The number of fused-ring (bicyclic) bond motifs is 1. The molecule has 1 aromatic carbocycles. The topological polar surface area (TPSA) is 38.7 Å². The van der Waals surface area contributed by atoms with Gasteiger partial charge in [-0.3, -0.25) is 0 Å². The molecule has 0 fully saturated rings. The van der Waals surface area contributed by atoms with Gasteiger partial charge in [0, 0.05) is 6.61 Å². The van der Waals surface area contributed by atoms with Crippen molar-refractivity contribution in [2.75, 3.05) is 6.61 Å². The third kappa shape index (κ3) is 1.91. The smallest absolute Gasteiger partial charge is 0.537 e. The van der Waals surface area contributed by atoms with Gasteiger partial charge in [0.2, 0.25) is 0 Å². The Balaban J connectivity index is 2.32. The van der Waals surface area contributed by atoms with Gasteiger partial charge in [-0.25, -0.2) is 0 Å². The van der Waals surface area contributed by atoms with E-state index < -0.39 is 0 Å². The predicted octanol–water partition coefficient (Wildman–Crippen LogP) is 1.05. The molecule has 1 aromatic rings. The Morgan fingerprint density at radius 2 is 2.36 bits per heavy atom. The predicted molar refractivity (Wildman–Crippen MR) is 53.0 cm³/mol. The zero-order valence-electron chi connectivity index (χ0n) is 7.90. The van der Waals surface area contributed by atoms with Crippen LogP contribution in [-0.4, -0.2) is 19.3 Å². The summed E-state index contributed by atoms with van der Waals surface area (Å²) in [5, 5.41) is 8.61. The van der Waals surface area contributed by atoms with Crippen LogP contribution in [0, 0.1) is 0 Å². The van der Waals surface area contributed by atoms with Gasteiger partial charge in [0.25, 0.3) is 0 Å². The highest BCUT2D eigenvalue weighted by Crippen LogP contribution is 2.26. The van der Waals surface area contributed by atoms with E-state index in [9.17, 15) is 0 Å². The van der Waals surface area contributed by atoms with E-state index >= 15 is 0 Å². The molecular formula is C10H12BO3. The van der Waals surface area contributed by atoms with E-state index in [1.54, 1.807) is 0 Å². The fourth-order valence-electron chi connectivity index (χ4n) is 1.73. The quantitative estimate of drug-likeness (QED) is 0.710. The first-order valence-corrected chi connectivity index (χ1v) is 4.73. The minimum atomic E-state index is 0.637. The van der Waals surface area contributed by atoms with E-state index in [-0.39, 0.29) is 0 Å². The molecular weight excluding hydrogens is 179 g/mol. The van der Waals surface area contributed by atoms with E-state index in [2.05, 4.69) is 0 Å². The van der Waals surface area contributed by atoms with Gasteiger partial charge in [-0.2, -0.15) is 0 Å². The largest absolute Gasteiger partial charge is 0.569 e. The lowest BCUT2D eigenvalue weighted by molar-refractivity contribution is 0.125. The molecule has 0 aromatic heterocycles.